The van der Waals surface area contributed by atoms with Gasteiger partial charge in [0.1, 0.15) is 5.01 Å². The zero-order valence-corrected chi connectivity index (χ0v) is 12.5. The second-order valence-corrected chi connectivity index (χ2v) is 5.92. The van der Waals surface area contributed by atoms with Crippen molar-refractivity contribution in [3.63, 3.8) is 0 Å². The van der Waals surface area contributed by atoms with Crippen molar-refractivity contribution in [2.24, 2.45) is 0 Å². The average Bonchev–Trinajstić information content (AvgIpc) is 3.01. The Kier molecular flexibility index (Phi) is 3.79. The van der Waals surface area contributed by atoms with Crippen LogP contribution in [-0.4, -0.2) is 27.7 Å². The minimum Gasteiger partial charge on any atom is -0.504 e. The highest BCUT2D eigenvalue weighted by Crippen LogP contribution is 2.41. The highest BCUT2D eigenvalue weighted by Gasteiger charge is 2.26. The van der Waals surface area contributed by atoms with Gasteiger partial charge in [0.2, 0.25) is 0 Å². The molecule has 2 aromatic rings. The Balaban J connectivity index is 1.85. The summed E-state index contributed by atoms with van der Waals surface area (Å²) in [5, 5.41) is 12.2. The predicted molar refractivity (Wildman–Crippen MR) is 80.2 cm³/mol. The molecule has 3 rings (SSSR count). The summed E-state index contributed by atoms with van der Waals surface area (Å²) in [6.45, 7) is 0.254. The first-order chi connectivity index (χ1) is 10.2. The zero-order chi connectivity index (χ0) is 14.8. The first kappa shape index (κ1) is 13.9. The molecule has 1 aliphatic carbocycles. The van der Waals surface area contributed by atoms with Crippen LogP contribution in [0.4, 0.5) is 0 Å². The van der Waals surface area contributed by atoms with Crippen molar-refractivity contribution in [3.8, 4) is 10.7 Å². The molecule has 110 valence electrons. The maximum Gasteiger partial charge on any atom is 0.336 e. The maximum atomic E-state index is 11.2. The molecule has 0 saturated heterocycles. The Morgan fingerprint density at radius 2 is 2.43 bits per heavy atom. The van der Waals surface area contributed by atoms with E-state index in [1.54, 1.807) is 11.3 Å². The van der Waals surface area contributed by atoms with Gasteiger partial charge in [-0.15, -0.1) is 11.3 Å². The molecule has 1 fully saturated rings. The highest BCUT2D eigenvalue weighted by molar-refractivity contribution is 7.13. The van der Waals surface area contributed by atoms with Crippen LogP contribution in [0.3, 0.4) is 0 Å². The van der Waals surface area contributed by atoms with Crippen molar-refractivity contribution in [1.29, 1.82) is 0 Å². The van der Waals surface area contributed by atoms with Crippen molar-refractivity contribution < 1.29 is 14.6 Å². The van der Waals surface area contributed by atoms with Gasteiger partial charge in [-0.2, -0.15) is 0 Å². The van der Waals surface area contributed by atoms with Crippen LogP contribution >= 0.6 is 11.3 Å². The third-order valence-electron chi connectivity index (χ3n) is 3.44. The third-order valence-corrected chi connectivity index (χ3v) is 4.32. The molecule has 0 amide bonds. The molecular weight excluding hydrogens is 288 g/mol. The smallest absolute Gasteiger partial charge is 0.336 e. The molecule has 0 unspecified atom stereocenters. The molecule has 1 N–H and O–H groups in total. The number of thiazole rings is 1. The third kappa shape index (κ3) is 3.00. The minimum absolute atomic E-state index is 0.203. The van der Waals surface area contributed by atoms with Gasteiger partial charge in [-0.25, -0.2) is 9.78 Å². The molecule has 2 heterocycles. The van der Waals surface area contributed by atoms with Crippen LogP contribution < -0.4 is 0 Å². The Morgan fingerprint density at radius 1 is 1.62 bits per heavy atom. The van der Waals surface area contributed by atoms with Crippen molar-refractivity contribution >= 4 is 17.3 Å². The molecule has 1 aliphatic rings. The average molecular weight is 304 g/mol. The van der Waals surface area contributed by atoms with Gasteiger partial charge < -0.3 is 14.4 Å². The first-order valence-corrected chi connectivity index (χ1v) is 7.63. The molecule has 0 atom stereocenters. The van der Waals surface area contributed by atoms with Crippen LogP contribution in [0.25, 0.3) is 10.7 Å². The van der Waals surface area contributed by atoms with Crippen molar-refractivity contribution in [3.05, 3.63) is 41.2 Å². The summed E-state index contributed by atoms with van der Waals surface area (Å²) in [5.74, 6) is -0.351. The number of nitrogens with zero attached hydrogens (tertiary/aromatic N) is 2. The number of rotatable bonds is 6. The van der Waals surface area contributed by atoms with Crippen LogP contribution in [0, 0.1) is 0 Å². The Labute approximate surface area is 126 Å². The first-order valence-electron chi connectivity index (χ1n) is 6.75. The molecule has 0 radical (unpaired) electrons. The van der Waals surface area contributed by atoms with Crippen LogP contribution in [0.5, 0.6) is 0 Å². The van der Waals surface area contributed by atoms with Gasteiger partial charge in [-0.05, 0) is 25.0 Å². The van der Waals surface area contributed by atoms with Gasteiger partial charge in [0, 0.05) is 17.5 Å². The van der Waals surface area contributed by atoms with Crippen molar-refractivity contribution in [1.82, 2.24) is 9.55 Å². The molecule has 0 aliphatic heterocycles. The zero-order valence-electron chi connectivity index (χ0n) is 11.7. The normalized spacial score (nSPS) is 15.2. The Bertz CT molecular complexity index is 683. The largest absolute Gasteiger partial charge is 0.504 e. The fourth-order valence-corrected chi connectivity index (χ4v) is 3.14. The fourth-order valence-electron chi connectivity index (χ4n) is 2.20. The van der Waals surface area contributed by atoms with E-state index in [2.05, 4.69) is 10.4 Å². The summed E-state index contributed by atoms with van der Waals surface area (Å²) in [6.07, 6.45) is 5.58. The fraction of sp³-hybridized carbons (Fsp3) is 0.333. The van der Waals surface area contributed by atoms with Crippen LogP contribution in [0.2, 0.25) is 0 Å². The van der Waals surface area contributed by atoms with E-state index in [4.69, 9.17) is 4.74 Å². The van der Waals surface area contributed by atoms with Gasteiger partial charge in [0.05, 0.1) is 36.9 Å². The lowest BCUT2D eigenvalue weighted by Crippen LogP contribution is -2.10. The van der Waals surface area contributed by atoms with Crippen molar-refractivity contribution in [2.75, 3.05) is 7.11 Å². The molecule has 0 aromatic carbocycles. The van der Waals surface area contributed by atoms with Gasteiger partial charge in [-0.1, -0.05) is 0 Å². The van der Waals surface area contributed by atoms with E-state index in [1.165, 1.54) is 26.2 Å². The van der Waals surface area contributed by atoms with E-state index in [0.29, 0.717) is 5.92 Å². The quantitative estimate of drug-likeness (QED) is 0.658. The van der Waals surface area contributed by atoms with Gasteiger partial charge in [0.15, 0.2) is 0 Å². The number of carboxylic acid groups (broad SMARTS) is 1. The number of carbonyl (C=O) groups is 1. The lowest BCUT2D eigenvalue weighted by Gasteiger charge is -2.08. The van der Waals surface area contributed by atoms with Gasteiger partial charge >= 0.3 is 5.97 Å². The maximum absolute atomic E-state index is 11.2. The molecular formula is C15H16N2O3S. The topological polar surface area (TPSA) is 64.4 Å². The minimum atomic E-state index is -0.977. The molecule has 0 spiro atoms. The van der Waals surface area contributed by atoms with Crippen molar-refractivity contribution in [2.45, 2.75) is 25.3 Å². The van der Waals surface area contributed by atoms with E-state index >= 15 is 0 Å². The molecule has 21 heavy (non-hydrogen) atoms. The van der Waals surface area contributed by atoms with E-state index in [-0.39, 0.29) is 12.1 Å². The standard InChI is InChI=1S/C15H16N2O3S/c1-20-8-11(15(18)19)7-17-6-2-3-13(17)14-16-12(9-21-14)10-4-5-10/h2-3,6,8-10H,4-5,7H2,1H3,(H,18,19). The summed E-state index contributed by atoms with van der Waals surface area (Å²) in [5.41, 5.74) is 2.30. The lowest BCUT2D eigenvalue weighted by molar-refractivity contribution is -0.133. The van der Waals surface area contributed by atoms with Gasteiger partial charge in [-0.3, -0.25) is 0 Å². The van der Waals surface area contributed by atoms with Crippen LogP contribution in [-0.2, 0) is 16.1 Å². The van der Waals surface area contributed by atoms with E-state index in [9.17, 15) is 9.90 Å². The molecule has 2 aromatic heterocycles. The summed E-state index contributed by atoms with van der Waals surface area (Å²) < 4.78 is 6.72. The monoisotopic (exact) mass is 304 g/mol. The summed E-state index contributed by atoms with van der Waals surface area (Å²) in [7, 11) is 1.45. The molecule has 0 bridgehead atoms. The second kappa shape index (κ2) is 5.73. The number of ether oxygens (including phenoxy) is 1. The summed E-state index contributed by atoms with van der Waals surface area (Å²) >= 11 is 1.61. The highest BCUT2D eigenvalue weighted by atomic mass is 32.1. The number of carboxylic acids is 1. The molecule has 6 heteroatoms. The van der Waals surface area contributed by atoms with Crippen LogP contribution in [0.1, 0.15) is 24.5 Å². The van der Waals surface area contributed by atoms with E-state index in [0.717, 1.165) is 16.4 Å². The number of aromatic nitrogens is 2. The summed E-state index contributed by atoms with van der Waals surface area (Å²) in [6, 6.07) is 3.86. The second-order valence-electron chi connectivity index (χ2n) is 5.06. The SMILES string of the molecule is COC=C(Cn1cccc1-c1nc(C2CC2)cs1)C(=O)O. The molecule has 1 saturated carbocycles. The van der Waals surface area contributed by atoms with Crippen LogP contribution in [0.15, 0.2) is 35.5 Å². The lowest BCUT2D eigenvalue weighted by atomic mass is 10.3. The van der Waals surface area contributed by atoms with Gasteiger partial charge in [0.25, 0.3) is 0 Å². The number of hydrogen-bond acceptors (Lipinski definition) is 4. The van der Waals surface area contributed by atoms with E-state index in [1.807, 2.05) is 22.9 Å². The Morgan fingerprint density at radius 3 is 3.10 bits per heavy atom. The predicted octanol–water partition coefficient (Wildman–Crippen LogP) is 3.10. The number of hydrogen-bond donors (Lipinski definition) is 1. The number of aliphatic carboxylic acids is 1. The Hall–Kier alpha value is -2.08. The number of methoxy groups -OCH3 is 1. The molecule has 5 nitrogen and oxygen atoms in total. The summed E-state index contributed by atoms with van der Waals surface area (Å²) in [4.78, 5) is 15.9. The van der Waals surface area contributed by atoms with E-state index < -0.39 is 5.97 Å².